The van der Waals surface area contributed by atoms with Crippen molar-refractivity contribution in [2.45, 2.75) is 12.8 Å². The first-order valence-electron chi connectivity index (χ1n) is 4.86. The molecule has 0 amide bonds. The van der Waals surface area contributed by atoms with Crippen LogP contribution in [0.5, 0.6) is 5.75 Å². The van der Waals surface area contributed by atoms with Crippen LogP contribution in [0.3, 0.4) is 0 Å². The second-order valence-corrected chi connectivity index (χ2v) is 3.09. The Morgan fingerprint density at radius 1 is 1.29 bits per heavy atom. The van der Waals surface area contributed by atoms with Crippen LogP contribution in [0, 0.1) is 6.92 Å². The van der Waals surface area contributed by atoms with Gasteiger partial charge in [0.15, 0.2) is 0 Å². The molecule has 0 atom stereocenters. The van der Waals surface area contributed by atoms with Gasteiger partial charge in [0.25, 0.3) is 0 Å². The van der Waals surface area contributed by atoms with Crippen LogP contribution in [-0.4, -0.2) is 20.3 Å². The Balaban J connectivity index is 2.46. The Bertz CT molecular complexity index is 258. The Hall–Kier alpha value is -1.02. The molecule has 2 nitrogen and oxygen atoms in total. The lowest BCUT2D eigenvalue weighted by molar-refractivity contribution is 0.146. The van der Waals surface area contributed by atoms with Gasteiger partial charge in [0.1, 0.15) is 12.4 Å². The molecular formula is C12H17O2. The van der Waals surface area contributed by atoms with E-state index < -0.39 is 0 Å². The molecule has 0 fully saturated rings. The number of hydrogen-bond acceptors (Lipinski definition) is 2. The van der Waals surface area contributed by atoms with Crippen LogP contribution in [0.2, 0.25) is 0 Å². The minimum Gasteiger partial charge on any atom is -0.491 e. The predicted octanol–water partition coefficient (Wildman–Crippen LogP) is 2.48. The van der Waals surface area contributed by atoms with Gasteiger partial charge in [-0.2, -0.15) is 0 Å². The Kier molecular flexibility index (Phi) is 5.08. The molecule has 0 aromatic heterocycles. The lowest BCUT2D eigenvalue weighted by atomic mass is 10.1. The van der Waals surface area contributed by atoms with Gasteiger partial charge in [0.05, 0.1) is 6.61 Å². The normalized spacial score (nSPS) is 10.1. The zero-order valence-corrected chi connectivity index (χ0v) is 8.66. The molecule has 0 bridgehead atoms. The number of aryl methyl sites for hydroxylation is 1. The highest BCUT2D eigenvalue weighted by Crippen LogP contribution is 2.14. The smallest absolute Gasteiger partial charge is 0.119 e. The minimum atomic E-state index is 0.602. The highest BCUT2D eigenvalue weighted by Gasteiger charge is 1.95. The molecule has 0 spiro atoms. The van der Waals surface area contributed by atoms with Crippen molar-refractivity contribution in [3.05, 3.63) is 36.8 Å². The van der Waals surface area contributed by atoms with E-state index >= 15 is 0 Å². The summed E-state index contributed by atoms with van der Waals surface area (Å²) in [5.74, 6) is 0.910. The van der Waals surface area contributed by atoms with Gasteiger partial charge in [-0.15, -0.1) is 0 Å². The molecule has 1 rings (SSSR count). The first kappa shape index (κ1) is 11.1. The molecule has 0 N–H and O–H groups in total. The van der Waals surface area contributed by atoms with Crippen LogP contribution < -0.4 is 4.74 Å². The van der Waals surface area contributed by atoms with Crippen molar-refractivity contribution in [2.75, 3.05) is 20.3 Å². The monoisotopic (exact) mass is 193 g/mol. The summed E-state index contributed by atoms with van der Waals surface area (Å²) >= 11 is 0. The number of benzene rings is 1. The molecular weight excluding hydrogens is 176 g/mol. The summed E-state index contributed by atoms with van der Waals surface area (Å²) in [6.45, 7) is 5.05. The molecule has 1 aromatic carbocycles. The van der Waals surface area contributed by atoms with Crippen molar-refractivity contribution in [2.24, 2.45) is 0 Å². The Labute approximate surface area is 85.8 Å². The van der Waals surface area contributed by atoms with Crippen molar-refractivity contribution in [3.8, 4) is 5.75 Å². The van der Waals surface area contributed by atoms with E-state index in [9.17, 15) is 0 Å². The van der Waals surface area contributed by atoms with Gasteiger partial charge in [-0.3, -0.25) is 0 Å². The molecule has 0 saturated heterocycles. The maximum Gasteiger partial charge on any atom is 0.119 e. The van der Waals surface area contributed by atoms with Crippen LogP contribution in [-0.2, 0) is 11.2 Å². The molecule has 14 heavy (non-hydrogen) atoms. The molecule has 0 aliphatic heterocycles. The topological polar surface area (TPSA) is 18.5 Å². The third-order valence-electron chi connectivity index (χ3n) is 1.92. The van der Waals surface area contributed by atoms with E-state index in [2.05, 4.69) is 19.1 Å². The first-order valence-corrected chi connectivity index (χ1v) is 4.86. The SMILES string of the molecule is [CH2]CCc1cccc(OCCOC)c1. The van der Waals surface area contributed by atoms with Gasteiger partial charge in [-0.1, -0.05) is 19.1 Å². The van der Waals surface area contributed by atoms with Gasteiger partial charge >= 0.3 is 0 Å². The van der Waals surface area contributed by atoms with Crippen LogP contribution in [0.15, 0.2) is 24.3 Å². The summed E-state index contributed by atoms with van der Waals surface area (Å²) in [4.78, 5) is 0. The Morgan fingerprint density at radius 2 is 2.14 bits per heavy atom. The predicted molar refractivity (Wildman–Crippen MR) is 57.5 cm³/mol. The van der Waals surface area contributed by atoms with Crippen LogP contribution in [0.4, 0.5) is 0 Å². The summed E-state index contributed by atoms with van der Waals surface area (Å²) in [5.41, 5.74) is 1.27. The van der Waals surface area contributed by atoms with E-state index in [1.807, 2.05) is 12.1 Å². The fourth-order valence-corrected chi connectivity index (χ4v) is 1.24. The van der Waals surface area contributed by atoms with Crippen LogP contribution >= 0.6 is 0 Å². The van der Waals surface area contributed by atoms with E-state index in [4.69, 9.17) is 9.47 Å². The standard InChI is InChI=1S/C12H17O2/c1-3-5-11-6-4-7-12(10-11)14-9-8-13-2/h4,6-7,10H,1,3,5,8-9H2,2H3. The van der Waals surface area contributed by atoms with Crippen LogP contribution in [0.1, 0.15) is 12.0 Å². The fraction of sp³-hybridized carbons (Fsp3) is 0.417. The quantitative estimate of drug-likeness (QED) is 0.646. The summed E-state index contributed by atoms with van der Waals surface area (Å²) in [7, 11) is 1.67. The summed E-state index contributed by atoms with van der Waals surface area (Å²) in [6, 6.07) is 8.12. The lowest BCUT2D eigenvalue weighted by Crippen LogP contribution is -2.04. The third-order valence-corrected chi connectivity index (χ3v) is 1.92. The van der Waals surface area contributed by atoms with Crippen molar-refractivity contribution >= 4 is 0 Å². The van der Waals surface area contributed by atoms with Crippen molar-refractivity contribution in [1.29, 1.82) is 0 Å². The van der Waals surface area contributed by atoms with E-state index in [1.54, 1.807) is 7.11 Å². The van der Waals surface area contributed by atoms with Crippen molar-refractivity contribution in [3.63, 3.8) is 0 Å². The first-order chi connectivity index (χ1) is 6.86. The van der Waals surface area contributed by atoms with E-state index in [-0.39, 0.29) is 0 Å². The van der Waals surface area contributed by atoms with Crippen molar-refractivity contribution < 1.29 is 9.47 Å². The molecule has 0 saturated carbocycles. The van der Waals surface area contributed by atoms with Gasteiger partial charge in [0, 0.05) is 7.11 Å². The van der Waals surface area contributed by atoms with Gasteiger partial charge in [-0.25, -0.2) is 0 Å². The van der Waals surface area contributed by atoms with E-state index in [0.29, 0.717) is 13.2 Å². The highest BCUT2D eigenvalue weighted by atomic mass is 16.5. The van der Waals surface area contributed by atoms with Crippen molar-refractivity contribution in [1.82, 2.24) is 0 Å². The summed E-state index contributed by atoms with van der Waals surface area (Å²) < 4.78 is 10.4. The lowest BCUT2D eigenvalue weighted by Gasteiger charge is -2.06. The van der Waals surface area contributed by atoms with E-state index in [0.717, 1.165) is 18.6 Å². The summed E-state index contributed by atoms with van der Waals surface area (Å²) in [6.07, 6.45) is 1.92. The van der Waals surface area contributed by atoms with Gasteiger partial charge in [0.2, 0.25) is 0 Å². The largest absolute Gasteiger partial charge is 0.491 e. The zero-order valence-electron chi connectivity index (χ0n) is 8.66. The second-order valence-electron chi connectivity index (χ2n) is 3.09. The third kappa shape index (κ3) is 3.79. The zero-order chi connectivity index (χ0) is 10.2. The molecule has 0 unspecified atom stereocenters. The molecule has 1 radical (unpaired) electrons. The molecule has 2 heteroatoms. The summed E-state index contributed by atoms with van der Waals surface area (Å²) in [5, 5.41) is 0. The van der Waals surface area contributed by atoms with Gasteiger partial charge in [-0.05, 0) is 30.5 Å². The number of methoxy groups -OCH3 is 1. The number of ether oxygens (including phenoxy) is 2. The highest BCUT2D eigenvalue weighted by molar-refractivity contribution is 5.28. The van der Waals surface area contributed by atoms with E-state index in [1.165, 1.54) is 5.56 Å². The van der Waals surface area contributed by atoms with Gasteiger partial charge < -0.3 is 9.47 Å². The maximum absolute atomic E-state index is 5.49. The average molecular weight is 193 g/mol. The molecule has 0 aliphatic carbocycles. The molecule has 0 aliphatic rings. The second kappa shape index (κ2) is 6.44. The average Bonchev–Trinajstić information content (AvgIpc) is 2.19. The Morgan fingerprint density at radius 3 is 2.86 bits per heavy atom. The van der Waals surface area contributed by atoms with Crippen LogP contribution in [0.25, 0.3) is 0 Å². The maximum atomic E-state index is 5.49. The minimum absolute atomic E-state index is 0.602. The number of hydrogen-bond donors (Lipinski definition) is 0. The molecule has 77 valence electrons. The molecule has 1 aromatic rings. The molecule has 0 heterocycles. The number of rotatable bonds is 6. The fourth-order valence-electron chi connectivity index (χ4n) is 1.24.